The van der Waals surface area contributed by atoms with E-state index < -0.39 is 10.0 Å². The molecule has 2 fully saturated rings. The molecule has 3 rings (SSSR count). The third kappa shape index (κ3) is 2.61. The van der Waals surface area contributed by atoms with E-state index in [9.17, 15) is 8.42 Å². The summed E-state index contributed by atoms with van der Waals surface area (Å²) in [5, 5.41) is 5.35. The number of hydrogen-bond acceptors (Lipinski definition) is 4. The van der Waals surface area contributed by atoms with Gasteiger partial charge in [-0.2, -0.15) is 4.31 Å². The Bertz CT molecular complexity index is 530. The number of rotatable bonds is 6. The Morgan fingerprint density at radius 1 is 1.39 bits per heavy atom. The Balaban J connectivity index is 1.70. The minimum Gasteiger partial charge on any atom is -0.310 e. The van der Waals surface area contributed by atoms with Gasteiger partial charge in [-0.15, -0.1) is 11.3 Å². The van der Waals surface area contributed by atoms with Gasteiger partial charge >= 0.3 is 0 Å². The number of nitrogens with zero attached hydrogens (tertiary/aromatic N) is 1. The smallest absolute Gasteiger partial charge is 0.252 e. The molecule has 4 nitrogen and oxygen atoms in total. The van der Waals surface area contributed by atoms with E-state index in [1.807, 2.05) is 11.4 Å². The van der Waals surface area contributed by atoms with Gasteiger partial charge in [-0.1, -0.05) is 0 Å². The Kier molecular flexibility index (Phi) is 3.21. The Morgan fingerprint density at radius 3 is 2.72 bits per heavy atom. The van der Waals surface area contributed by atoms with E-state index in [2.05, 4.69) is 5.32 Å². The monoisotopic (exact) mass is 286 g/mol. The van der Waals surface area contributed by atoms with E-state index in [-0.39, 0.29) is 6.04 Å². The Hall–Kier alpha value is -0.430. The van der Waals surface area contributed by atoms with Crippen LogP contribution >= 0.6 is 11.3 Å². The molecule has 0 aromatic carbocycles. The third-order valence-electron chi connectivity index (χ3n) is 3.50. The van der Waals surface area contributed by atoms with Crippen LogP contribution in [0.15, 0.2) is 15.7 Å². The van der Waals surface area contributed by atoms with Crippen LogP contribution in [0.25, 0.3) is 0 Å². The topological polar surface area (TPSA) is 49.4 Å². The molecule has 1 heterocycles. The molecule has 0 spiro atoms. The van der Waals surface area contributed by atoms with E-state index in [1.54, 1.807) is 7.05 Å². The quantitative estimate of drug-likeness (QED) is 0.867. The summed E-state index contributed by atoms with van der Waals surface area (Å²) >= 11 is 1.33. The van der Waals surface area contributed by atoms with E-state index >= 15 is 0 Å². The van der Waals surface area contributed by atoms with Crippen molar-refractivity contribution in [1.29, 1.82) is 0 Å². The molecule has 2 aliphatic carbocycles. The van der Waals surface area contributed by atoms with Crippen molar-refractivity contribution in [3.05, 3.63) is 17.0 Å². The molecule has 1 aromatic heterocycles. The highest BCUT2D eigenvalue weighted by Crippen LogP contribution is 2.32. The fourth-order valence-electron chi connectivity index (χ4n) is 1.91. The molecule has 0 unspecified atom stereocenters. The summed E-state index contributed by atoms with van der Waals surface area (Å²) < 4.78 is 26.6. The van der Waals surface area contributed by atoms with Gasteiger partial charge in [-0.3, -0.25) is 0 Å². The zero-order valence-electron chi connectivity index (χ0n) is 10.4. The molecular weight excluding hydrogens is 268 g/mol. The molecular formula is C12H18N2O2S2. The minimum absolute atomic E-state index is 0.227. The third-order valence-corrected chi connectivity index (χ3v) is 6.87. The number of nitrogens with one attached hydrogen (secondary N) is 1. The number of sulfonamides is 1. The van der Waals surface area contributed by atoms with Gasteiger partial charge in [0.1, 0.15) is 4.21 Å². The highest BCUT2D eigenvalue weighted by atomic mass is 32.2. The predicted octanol–water partition coefficient (Wildman–Crippen LogP) is 1.78. The SMILES string of the molecule is CN(C1CC1)S(=O)(=O)c1cc(CNC2CC2)cs1. The van der Waals surface area contributed by atoms with Gasteiger partial charge in [-0.25, -0.2) is 8.42 Å². The molecule has 0 bridgehead atoms. The van der Waals surface area contributed by atoms with Crippen LogP contribution in [-0.4, -0.2) is 31.9 Å². The van der Waals surface area contributed by atoms with Crippen LogP contribution in [0.2, 0.25) is 0 Å². The lowest BCUT2D eigenvalue weighted by Gasteiger charge is -2.14. The van der Waals surface area contributed by atoms with Gasteiger partial charge in [-0.05, 0) is 42.7 Å². The van der Waals surface area contributed by atoms with Gasteiger partial charge < -0.3 is 5.32 Å². The van der Waals surface area contributed by atoms with Crippen LogP contribution in [0, 0.1) is 0 Å². The van der Waals surface area contributed by atoms with Crippen molar-refractivity contribution >= 4 is 21.4 Å². The summed E-state index contributed by atoms with van der Waals surface area (Å²) in [6.45, 7) is 0.782. The van der Waals surface area contributed by atoms with Gasteiger partial charge in [0.2, 0.25) is 0 Å². The van der Waals surface area contributed by atoms with Crippen LogP contribution in [0.5, 0.6) is 0 Å². The van der Waals surface area contributed by atoms with Gasteiger partial charge in [0.05, 0.1) is 0 Å². The van der Waals surface area contributed by atoms with Crippen molar-refractivity contribution in [2.75, 3.05) is 7.05 Å². The number of thiophene rings is 1. The average Bonchev–Trinajstić information content (AvgIpc) is 3.25. The van der Waals surface area contributed by atoms with Gasteiger partial charge in [0.15, 0.2) is 0 Å². The highest BCUT2D eigenvalue weighted by molar-refractivity contribution is 7.91. The van der Waals surface area contributed by atoms with Crippen LogP contribution in [-0.2, 0) is 16.6 Å². The standard InChI is InChI=1S/C12H18N2O2S2/c1-14(11-4-5-11)18(15,16)12-6-9(8-17-12)7-13-10-2-3-10/h6,8,10-11,13H,2-5,7H2,1H3. The summed E-state index contributed by atoms with van der Waals surface area (Å²) in [5.41, 5.74) is 1.08. The molecule has 100 valence electrons. The van der Waals surface area contributed by atoms with Gasteiger partial charge in [0.25, 0.3) is 10.0 Å². The van der Waals surface area contributed by atoms with E-state index in [1.165, 1.54) is 28.5 Å². The predicted molar refractivity (Wildman–Crippen MR) is 72.2 cm³/mol. The first-order valence-corrected chi connectivity index (χ1v) is 8.68. The van der Waals surface area contributed by atoms with E-state index in [4.69, 9.17) is 0 Å². The van der Waals surface area contributed by atoms with Crippen LogP contribution < -0.4 is 5.32 Å². The fraction of sp³-hybridized carbons (Fsp3) is 0.667. The average molecular weight is 286 g/mol. The number of hydrogen-bond donors (Lipinski definition) is 1. The molecule has 6 heteroatoms. The second-order valence-corrected chi connectivity index (χ2v) is 8.32. The largest absolute Gasteiger partial charge is 0.310 e. The summed E-state index contributed by atoms with van der Waals surface area (Å²) in [7, 11) is -1.56. The van der Waals surface area contributed by atoms with E-state index in [0.29, 0.717) is 10.3 Å². The lowest BCUT2D eigenvalue weighted by atomic mass is 10.3. The molecule has 1 aromatic rings. The zero-order valence-corrected chi connectivity index (χ0v) is 12.1. The highest BCUT2D eigenvalue weighted by Gasteiger charge is 2.35. The summed E-state index contributed by atoms with van der Waals surface area (Å²) in [5.74, 6) is 0. The van der Waals surface area contributed by atoms with Crippen LogP contribution in [0.4, 0.5) is 0 Å². The minimum atomic E-state index is -3.25. The Morgan fingerprint density at radius 2 is 2.11 bits per heavy atom. The summed E-state index contributed by atoms with van der Waals surface area (Å²) in [6.07, 6.45) is 4.49. The maximum atomic E-state index is 12.3. The van der Waals surface area contributed by atoms with Crippen molar-refractivity contribution < 1.29 is 8.42 Å². The van der Waals surface area contributed by atoms with Crippen molar-refractivity contribution in [2.24, 2.45) is 0 Å². The first-order chi connectivity index (χ1) is 8.57. The summed E-state index contributed by atoms with van der Waals surface area (Å²) in [6, 6.07) is 2.69. The first kappa shape index (κ1) is 12.6. The van der Waals surface area contributed by atoms with Gasteiger partial charge in [0, 0.05) is 25.7 Å². The molecule has 2 aliphatic rings. The molecule has 0 radical (unpaired) electrons. The fourth-order valence-corrected chi connectivity index (χ4v) is 4.72. The maximum absolute atomic E-state index is 12.3. The molecule has 0 atom stereocenters. The second-order valence-electron chi connectivity index (χ2n) is 5.18. The van der Waals surface area contributed by atoms with Crippen molar-refractivity contribution in [2.45, 2.75) is 48.5 Å². The second kappa shape index (κ2) is 4.59. The zero-order chi connectivity index (χ0) is 12.8. The lowest BCUT2D eigenvalue weighted by molar-refractivity contribution is 0.466. The molecule has 2 saturated carbocycles. The lowest BCUT2D eigenvalue weighted by Crippen LogP contribution is -2.28. The molecule has 0 amide bonds. The normalized spacial score (nSPS) is 20.6. The van der Waals surface area contributed by atoms with Crippen LogP contribution in [0.3, 0.4) is 0 Å². The van der Waals surface area contributed by atoms with Crippen molar-refractivity contribution in [3.8, 4) is 0 Å². The Labute approximate surface area is 112 Å². The van der Waals surface area contributed by atoms with E-state index in [0.717, 1.165) is 24.9 Å². The molecule has 1 N–H and O–H groups in total. The molecule has 0 saturated heterocycles. The van der Waals surface area contributed by atoms with Crippen molar-refractivity contribution in [1.82, 2.24) is 9.62 Å². The molecule has 18 heavy (non-hydrogen) atoms. The molecule has 0 aliphatic heterocycles. The first-order valence-electron chi connectivity index (χ1n) is 6.36. The summed E-state index contributed by atoms with van der Waals surface area (Å²) in [4.78, 5) is 0. The maximum Gasteiger partial charge on any atom is 0.252 e. The van der Waals surface area contributed by atoms with Crippen LogP contribution in [0.1, 0.15) is 31.2 Å². The van der Waals surface area contributed by atoms with Crippen molar-refractivity contribution in [3.63, 3.8) is 0 Å².